The molecule has 0 bridgehead atoms. The third kappa shape index (κ3) is 4.16. The van der Waals surface area contributed by atoms with Crippen molar-refractivity contribution in [3.05, 3.63) is 70.9 Å². The Bertz CT molecular complexity index is 1060. The fourth-order valence-corrected chi connectivity index (χ4v) is 3.55. The smallest absolute Gasteiger partial charge is 0.272 e. The van der Waals surface area contributed by atoms with Crippen LogP contribution >= 0.6 is 11.6 Å². The molecule has 7 nitrogen and oxygen atoms in total. The Labute approximate surface area is 179 Å². The first-order chi connectivity index (χ1) is 14.5. The molecule has 0 spiro atoms. The fourth-order valence-electron chi connectivity index (χ4n) is 3.42. The monoisotopic (exact) mass is 424 g/mol. The van der Waals surface area contributed by atoms with Crippen molar-refractivity contribution >= 4 is 23.4 Å². The van der Waals surface area contributed by atoms with Gasteiger partial charge in [-0.1, -0.05) is 23.7 Å². The highest BCUT2D eigenvalue weighted by Gasteiger charge is 2.26. The van der Waals surface area contributed by atoms with Gasteiger partial charge in [-0.05, 0) is 42.5 Å². The predicted octanol–water partition coefficient (Wildman–Crippen LogP) is 3.34. The van der Waals surface area contributed by atoms with Gasteiger partial charge in [-0.3, -0.25) is 14.7 Å². The number of carbonyl (C=O) groups excluding carboxylic acids is 2. The first-order valence-electron chi connectivity index (χ1n) is 9.59. The molecule has 1 fully saturated rings. The number of aromatic amines is 1. The van der Waals surface area contributed by atoms with E-state index in [-0.39, 0.29) is 11.8 Å². The van der Waals surface area contributed by atoms with Gasteiger partial charge < -0.3 is 14.5 Å². The Balaban J connectivity index is 1.39. The summed E-state index contributed by atoms with van der Waals surface area (Å²) >= 11 is 5.89. The van der Waals surface area contributed by atoms with Crippen LogP contribution in [0, 0.1) is 0 Å². The number of halogens is 1. The maximum atomic E-state index is 12.9. The van der Waals surface area contributed by atoms with Crippen molar-refractivity contribution < 1.29 is 14.3 Å². The Morgan fingerprint density at radius 2 is 1.63 bits per heavy atom. The average molecular weight is 425 g/mol. The molecule has 0 atom stereocenters. The van der Waals surface area contributed by atoms with E-state index in [2.05, 4.69) is 10.2 Å². The molecule has 0 radical (unpaired) electrons. The zero-order valence-electron chi connectivity index (χ0n) is 16.5. The molecule has 0 unspecified atom stereocenters. The van der Waals surface area contributed by atoms with Crippen LogP contribution in [0.25, 0.3) is 11.3 Å². The summed E-state index contributed by atoms with van der Waals surface area (Å²) in [7, 11) is 1.61. The second kappa shape index (κ2) is 8.59. The lowest BCUT2D eigenvalue weighted by atomic mass is 10.1. The van der Waals surface area contributed by atoms with Gasteiger partial charge in [0, 0.05) is 42.3 Å². The molecule has 1 aromatic heterocycles. The van der Waals surface area contributed by atoms with E-state index in [0.29, 0.717) is 48.2 Å². The number of piperazine rings is 1. The molecule has 8 heteroatoms. The van der Waals surface area contributed by atoms with Crippen molar-refractivity contribution in [3.63, 3.8) is 0 Å². The van der Waals surface area contributed by atoms with Gasteiger partial charge in [-0.2, -0.15) is 5.10 Å². The Hall–Kier alpha value is -3.32. The SMILES string of the molecule is COc1cccc(-c2cc(C(=O)N3CCN(C(=O)c4ccc(Cl)cc4)CC3)[nH]n2)c1. The lowest BCUT2D eigenvalue weighted by molar-refractivity contribution is 0.0532. The number of benzene rings is 2. The fraction of sp³-hybridized carbons (Fsp3) is 0.227. The minimum atomic E-state index is -0.129. The van der Waals surface area contributed by atoms with Gasteiger partial charge in [-0.25, -0.2) is 0 Å². The minimum Gasteiger partial charge on any atom is -0.497 e. The van der Waals surface area contributed by atoms with E-state index in [4.69, 9.17) is 16.3 Å². The summed E-state index contributed by atoms with van der Waals surface area (Å²) in [5.74, 6) is 0.542. The highest BCUT2D eigenvalue weighted by Crippen LogP contribution is 2.23. The normalized spacial score (nSPS) is 13.9. The summed E-state index contributed by atoms with van der Waals surface area (Å²) in [6, 6.07) is 16.1. The molecular weight excluding hydrogens is 404 g/mol. The number of amides is 2. The van der Waals surface area contributed by atoms with Crippen molar-refractivity contribution in [2.75, 3.05) is 33.3 Å². The van der Waals surface area contributed by atoms with E-state index in [1.165, 1.54) is 0 Å². The van der Waals surface area contributed by atoms with Crippen LogP contribution in [0.1, 0.15) is 20.8 Å². The molecule has 154 valence electrons. The molecule has 2 amide bonds. The lowest BCUT2D eigenvalue weighted by Crippen LogP contribution is -2.50. The van der Waals surface area contributed by atoms with Gasteiger partial charge in [0.25, 0.3) is 11.8 Å². The number of hydrogen-bond donors (Lipinski definition) is 1. The molecule has 30 heavy (non-hydrogen) atoms. The van der Waals surface area contributed by atoms with Crippen molar-refractivity contribution in [3.8, 4) is 17.0 Å². The molecule has 1 aliphatic heterocycles. The van der Waals surface area contributed by atoms with E-state index >= 15 is 0 Å². The van der Waals surface area contributed by atoms with Crippen molar-refractivity contribution in [1.29, 1.82) is 0 Å². The molecule has 2 heterocycles. The Morgan fingerprint density at radius 1 is 0.967 bits per heavy atom. The topological polar surface area (TPSA) is 78.5 Å². The molecule has 4 rings (SSSR count). The summed E-state index contributed by atoms with van der Waals surface area (Å²) < 4.78 is 5.24. The Morgan fingerprint density at radius 3 is 2.30 bits per heavy atom. The minimum absolute atomic E-state index is 0.0550. The summed E-state index contributed by atoms with van der Waals surface area (Å²) in [5.41, 5.74) is 2.55. The second-order valence-electron chi connectivity index (χ2n) is 6.99. The number of aromatic nitrogens is 2. The molecule has 1 N–H and O–H groups in total. The molecule has 1 aliphatic rings. The van der Waals surface area contributed by atoms with Crippen LogP contribution in [-0.2, 0) is 0 Å². The van der Waals surface area contributed by atoms with Gasteiger partial charge in [0.05, 0.1) is 12.8 Å². The van der Waals surface area contributed by atoms with Gasteiger partial charge >= 0.3 is 0 Å². The van der Waals surface area contributed by atoms with Gasteiger partial charge in [0.1, 0.15) is 11.4 Å². The van der Waals surface area contributed by atoms with Gasteiger partial charge in [0.15, 0.2) is 0 Å². The molecular formula is C22H21ClN4O3. The number of nitrogens with zero attached hydrogens (tertiary/aromatic N) is 3. The number of H-pyrrole nitrogens is 1. The van der Waals surface area contributed by atoms with Crippen LogP contribution in [0.5, 0.6) is 5.75 Å². The van der Waals surface area contributed by atoms with Crippen molar-refractivity contribution in [2.24, 2.45) is 0 Å². The van der Waals surface area contributed by atoms with Crippen LogP contribution in [0.4, 0.5) is 0 Å². The van der Waals surface area contributed by atoms with Crippen LogP contribution < -0.4 is 4.74 Å². The zero-order valence-corrected chi connectivity index (χ0v) is 17.2. The first kappa shape index (κ1) is 20.0. The number of methoxy groups -OCH3 is 1. The van der Waals surface area contributed by atoms with E-state index in [0.717, 1.165) is 11.3 Å². The summed E-state index contributed by atoms with van der Waals surface area (Å²) in [4.78, 5) is 29.0. The van der Waals surface area contributed by atoms with E-state index in [1.54, 1.807) is 47.2 Å². The zero-order chi connectivity index (χ0) is 21.1. The molecule has 0 saturated carbocycles. The number of carbonyl (C=O) groups is 2. The maximum absolute atomic E-state index is 12.9. The Kier molecular flexibility index (Phi) is 5.72. The predicted molar refractivity (Wildman–Crippen MR) is 114 cm³/mol. The lowest BCUT2D eigenvalue weighted by Gasteiger charge is -2.34. The largest absolute Gasteiger partial charge is 0.497 e. The standard InChI is InChI=1S/C22H21ClN4O3/c1-30-18-4-2-3-16(13-18)19-14-20(25-24-19)22(29)27-11-9-26(10-12-27)21(28)15-5-7-17(23)8-6-15/h2-8,13-14H,9-12H2,1H3,(H,24,25). The van der Waals surface area contributed by atoms with Crippen LogP contribution in [0.3, 0.4) is 0 Å². The molecule has 1 saturated heterocycles. The molecule has 0 aliphatic carbocycles. The van der Waals surface area contributed by atoms with Crippen molar-refractivity contribution in [2.45, 2.75) is 0 Å². The number of rotatable bonds is 4. The summed E-state index contributed by atoms with van der Waals surface area (Å²) in [6.07, 6.45) is 0. The summed E-state index contributed by atoms with van der Waals surface area (Å²) in [5, 5.41) is 7.69. The van der Waals surface area contributed by atoms with Crippen LogP contribution in [0.15, 0.2) is 54.6 Å². The second-order valence-corrected chi connectivity index (χ2v) is 7.43. The molecule has 2 aromatic carbocycles. The van der Waals surface area contributed by atoms with Crippen LogP contribution in [-0.4, -0.2) is 65.1 Å². The van der Waals surface area contributed by atoms with Gasteiger partial charge in [-0.15, -0.1) is 0 Å². The quantitative estimate of drug-likeness (QED) is 0.696. The van der Waals surface area contributed by atoms with Gasteiger partial charge in [0.2, 0.25) is 0 Å². The van der Waals surface area contributed by atoms with E-state index < -0.39 is 0 Å². The maximum Gasteiger partial charge on any atom is 0.272 e. The summed E-state index contributed by atoms with van der Waals surface area (Å²) in [6.45, 7) is 1.88. The highest BCUT2D eigenvalue weighted by atomic mass is 35.5. The van der Waals surface area contributed by atoms with Crippen molar-refractivity contribution in [1.82, 2.24) is 20.0 Å². The van der Waals surface area contributed by atoms with Crippen LogP contribution in [0.2, 0.25) is 5.02 Å². The average Bonchev–Trinajstić information content (AvgIpc) is 3.29. The highest BCUT2D eigenvalue weighted by molar-refractivity contribution is 6.30. The van der Waals surface area contributed by atoms with E-state index in [1.807, 2.05) is 24.3 Å². The third-order valence-electron chi connectivity index (χ3n) is 5.12. The van der Waals surface area contributed by atoms with E-state index in [9.17, 15) is 9.59 Å². The molecule has 3 aromatic rings. The first-order valence-corrected chi connectivity index (χ1v) is 9.97. The third-order valence-corrected chi connectivity index (χ3v) is 5.37. The number of nitrogens with one attached hydrogen (secondary N) is 1. The number of ether oxygens (including phenoxy) is 1. The number of hydrogen-bond acceptors (Lipinski definition) is 4.